The summed E-state index contributed by atoms with van der Waals surface area (Å²) in [6.45, 7) is 0. The van der Waals surface area contributed by atoms with Gasteiger partial charge in [0.15, 0.2) is 0 Å². The molecule has 0 radical (unpaired) electrons. The predicted octanol–water partition coefficient (Wildman–Crippen LogP) is -6.39. The van der Waals surface area contributed by atoms with Gasteiger partial charge in [-0.3, -0.25) is 0 Å². The molecule has 64 valence electrons. The molecule has 0 aromatic rings. The average molecular weight is 417 g/mol. The molecule has 0 unspecified atom stereocenters. The Kier molecular flexibility index (Phi) is 125. The summed E-state index contributed by atoms with van der Waals surface area (Å²) in [6, 6.07) is 0. The van der Waals surface area contributed by atoms with E-state index in [4.69, 9.17) is 30.0 Å². The third kappa shape index (κ3) is 295. The maximum atomic E-state index is 8.33. The fourth-order valence-corrected chi connectivity index (χ4v) is 0. The molecular formula is C2H2O8Sr3. The van der Waals surface area contributed by atoms with Crippen LogP contribution in [0.25, 0.3) is 0 Å². The van der Waals surface area contributed by atoms with Gasteiger partial charge in [-0.15, -0.1) is 0 Å². The van der Waals surface area contributed by atoms with Gasteiger partial charge in [-0.25, -0.2) is 0 Å². The van der Waals surface area contributed by atoms with E-state index < -0.39 is 12.3 Å². The largest absolute Gasteiger partial charge is 2.00 e. The Labute approximate surface area is 185 Å². The van der Waals surface area contributed by atoms with Gasteiger partial charge in [-0.1, -0.05) is 0 Å². The van der Waals surface area contributed by atoms with Gasteiger partial charge < -0.3 is 41.0 Å². The Morgan fingerprint density at radius 3 is 0.615 bits per heavy atom. The molecule has 2 N–H and O–H groups in total. The molecule has 13 heavy (non-hydrogen) atoms. The zero-order chi connectivity index (χ0) is 7.15. The van der Waals surface area contributed by atoms with Crippen LogP contribution in [0, 0.1) is 0 Å². The summed E-state index contributed by atoms with van der Waals surface area (Å²) < 4.78 is 0. The molecule has 11 heteroatoms. The average Bonchev–Trinajstić information content (AvgIpc) is 1.25. The first-order chi connectivity index (χ1) is 3.46. The fourth-order valence-electron chi connectivity index (χ4n) is 0. The summed E-state index contributed by atoms with van der Waals surface area (Å²) in [5.74, 6) is 0. The molecule has 0 aliphatic heterocycles. The quantitative estimate of drug-likeness (QED) is 0.348. The van der Waals surface area contributed by atoms with Gasteiger partial charge >= 0.3 is 136 Å². The molecule has 0 bridgehead atoms. The number of hydrogen-bond donors (Lipinski definition) is 0. The van der Waals surface area contributed by atoms with Gasteiger partial charge in [-0.2, -0.15) is 0 Å². The molecular weight excluding hydrogens is 415 g/mol. The Balaban J connectivity index is -0.00000000800. The Hall–Kier alpha value is 2.90. The van der Waals surface area contributed by atoms with Crippen LogP contribution < -0.4 is 20.4 Å². The Morgan fingerprint density at radius 2 is 0.615 bits per heavy atom. The van der Waals surface area contributed by atoms with Crippen LogP contribution in [-0.4, -0.2) is 160 Å². The first kappa shape index (κ1) is 44.6. The molecule has 0 saturated heterocycles. The van der Waals surface area contributed by atoms with E-state index >= 15 is 0 Å². The molecule has 0 heterocycles. The SMILES string of the molecule is O=C([O-])[O-].O=C([O-])[O-].[OH-].[OH-].[Sr+2].[Sr+2].[Sr+2]. The molecule has 8 nitrogen and oxygen atoms in total. The smallest absolute Gasteiger partial charge is 0.870 e. The third-order valence-electron chi connectivity index (χ3n) is 0. The third-order valence-corrected chi connectivity index (χ3v) is 0. The van der Waals surface area contributed by atoms with Gasteiger partial charge in [0.1, 0.15) is 0 Å². The van der Waals surface area contributed by atoms with E-state index in [0.717, 1.165) is 0 Å². The second kappa shape index (κ2) is 36.3. The van der Waals surface area contributed by atoms with E-state index in [1.54, 1.807) is 0 Å². The van der Waals surface area contributed by atoms with Crippen molar-refractivity contribution < 1.29 is 41.0 Å². The number of carbonyl (C=O) groups excluding carboxylic acids is 2. The normalized spacial score (nSPS) is 3.69. The van der Waals surface area contributed by atoms with Crippen molar-refractivity contribution in [3.8, 4) is 0 Å². The number of rotatable bonds is 0. The summed E-state index contributed by atoms with van der Waals surface area (Å²) in [6.07, 6.45) is -4.67. The minimum atomic E-state index is -2.33. The molecule has 0 aliphatic carbocycles. The number of carboxylic acid groups (broad SMARTS) is 4. The van der Waals surface area contributed by atoms with Crippen LogP contribution in [0.2, 0.25) is 0 Å². The number of carbonyl (C=O) groups is 2. The maximum absolute atomic E-state index is 8.33. The van der Waals surface area contributed by atoms with Gasteiger partial charge in [0.25, 0.3) is 0 Å². The topological polar surface area (TPSA) is 186 Å². The molecule has 0 aliphatic rings. The minimum absolute atomic E-state index is 0. The molecule has 0 rings (SSSR count). The molecule has 0 aromatic carbocycles. The number of hydrogen-bond acceptors (Lipinski definition) is 8. The van der Waals surface area contributed by atoms with Crippen LogP contribution >= 0.6 is 0 Å². The van der Waals surface area contributed by atoms with Crippen LogP contribution in [0.5, 0.6) is 0 Å². The van der Waals surface area contributed by atoms with Gasteiger partial charge in [-0.05, 0) is 12.3 Å². The molecule has 0 saturated carbocycles. The van der Waals surface area contributed by atoms with E-state index in [9.17, 15) is 0 Å². The van der Waals surface area contributed by atoms with E-state index in [-0.39, 0.29) is 147 Å². The van der Waals surface area contributed by atoms with Crippen molar-refractivity contribution in [1.29, 1.82) is 0 Å². The van der Waals surface area contributed by atoms with Gasteiger partial charge in [0.05, 0.1) is 0 Å². The molecule has 0 aromatic heterocycles. The maximum Gasteiger partial charge on any atom is 2.00 e. The summed E-state index contributed by atoms with van der Waals surface area (Å²) in [7, 11) is 0. The van der Waals surface area contributed by atoms with Gasteiger partial charge in [0, 0.05) is 0 Å². The van der Waals surface area contributed by atoms with Crippen molar-refractivity contribution in [2.45, 2.75) is 0 Å². The predicted molar refractivity (Wildman–Crippen MR) is 31.9 cm³/mol. The van der Waals surface area contributed by atoms with E-state index in [1.165, 1.54) is 0 Å². The van der Waals surface area contributed by atoms with Crippen molar-refractivity contribution in [3.05, 3.63) is 0 Å². The van der Waals surface area contributed by atoms with Crippen molar-refractivity contribution in [2.24, 2.45) is 0 Å². The second-order valence-corrected chi connectivity index (χ2v) is 0.500. The van der Waals surface area contributed by atoms with E-state index in [0.29, 0.717) is 0 Å². The summed E-state index contributed by atoms with van der Waals surface area (Å²) in [5, 5.41) is 33.3. The van der Waals surface area contributed by atoms with Crippen molar-refractivity contribution in [2.75, 3.05) is 0 Å². The zero-order valence-electron chi connectivity index (χ0n) is 6.47. The fraction of sp³-hybridized carbons (Fsp3) is 0. The van der Waals surface area contributed by atoms with Crippen molar-refractivity contribution in [1.82, 2.24) is 0 Å². The molecule has 0 fully saturated rings. The minimum Gasteiger partial charge on any atom is -0.870 e. The van der Waals surface area contributed by atoms with Crippen LogP contribution in [0.3, 0.4) is 0 Å². The zero-order valence-corrected chi connectivity index (χ0v) is 16.9. The van der Waals surface area contributed by atoms with Crippen LogP contribution in [-0.2, 0) is 0 Å². The summed E-state index contributed by atoms with van der Waals surface area (Å²) in [4.78, 5) is 16.7. The Bertz CT molecular complexity index is 75.4. The summed E-state index contributed by atoms with van der Waals surface area (Å²) in [5.41, 5.74) is 0. The second-order valence-electron chi connectivity index (χ2n) is 0.500. The first-order valence-electron chi connectivity index (χ1n) is 1.22. The molecule has 0 atom stereocenters. The van der Waals surface area contributed by atoms with Crippen LogP contribution in [0.15, 0.2) is 0 Å². The van der Waals surface area contributed by atoms with Crippen LogP contribution in [0.1, 0.15) is 0 Å². The first-order valence-corrected chi connectivity index (χ1v) is 1.22. The van der Waals surface area contributed by atoms with E-state index in [2.05, 4.69) is 0 Å². The molecule has 0 amide bonds. The molecule has 0 spiro atoms. The standard InChI is InChI=1S/2CH2O3.2H2O.3Sr/c2*2-1(3)4;;;;;/h2*(H2,2,3,4);2*1H2;;;/q;;;;3*+2/p-6. The Morgan fingerprint density at radius 1 is 0.615 bits per heavy atom. The van der Waals surface area contributed by atoms with E-state index in [1.807, 2.05) is 0 Å². The summed E-state index contributed by atoms with van der Waals surface area (Å²) >= 11 is 0. The van der Waals surface area contributed by atoms with Crippen molar-refractivity contribution in [3.63, 3.8) is 0 Å². The van der Waals surface area contributed by atoms with Crippen LogP contribution in [0.4, 0.5) is 9.59 Å². The van der Waals surface area contributed by atoms with Crippen molar-refractivity contribution >= 4 is 149 Å². The monoisotopic (exact) mass is 418 g/mol. The van der Waals surface area contributed by atoms with Gasteiger partial charge in [0.2, 0.25) is 0 Å².